The number of hydrogen-bond acceptors (Lipinski definition) is 36. The molecular weight excluding hydrogens is 1830 g/mol. The normalized spacial score (nSPS) is 13.6. The number of carbonyl (C=O) groups is 8. The van der Waals surface area contributed by atoms with Gasteiger partial charge in [-0.3, -0.25) is 78.8 Å². The van der Waals surface area contributed by atoms with E-state index in [4.69, 9.17) is 37.9 Å². The van der Waals surface area contributed by atoms with Crippen molar-refractivity contribution in [3.8, 4) is 103 Å². The summed E-state index contributed by atoms with van der Waals surface area (Å²) in [6.07, 6.45) is -4.57. The molecule has 2 aliphatic heterocycles. The molecule has 0 aliphatic carbocycles. The average molecular weight is 1940 g/mol. The Balaban J connectivity index is 0.000000229. The number of aromatic hydroxyl groups is 10. The Morgan fingerprint density at radius 1 is 0.343 bits per heavy atom. The van der Waals surface area contributed by atoms with Crippen molar-refractivity contribution < 1.29 is 157 Å². The molecule has 0 amide bonds. The van der Waals surface area contributed by atoms with Crippen LogP contribution in [-0.2, 0) is 19.2 Å². The van der Waals surface area contributed by atoms with Crippen LogP contribution in [0, 0.1) is 54.3 Å². The molecule has 4 atom stereocenters. The van der Waals surface area contributed by atoms with Gasteiger partial charge in [-0.25, -0.2) is 0 Å². The summed E-state index contributed by atoms with van der Waals surface area (Å²) < 4.78 is 43.7. The van der Waals surface area contributed by atoms with Gasteiger partial charge in [0.05, 0.1) is 67.5 Å². The van der Waals surface area contributed by atoms with Crippen molar-refractivity contribution in [1.29, 1.82) is 0 Å². The monoisotopic (exact) mass is 1940 g/mol. The van der Waals surface area contributed by atoms with Crippen LogP contribution in [0.1, 0.15) is 209 Å². The van der Waals surface area contributed by atoms with Gasteiger partial charge in [-0.05, 0) is 208 Å². The Bertz CT molecular complexity index is 6390. The van der Waals surface area contributed by atoms with Crippen molar-refractivity contribution in [2.45, 2.75) is 186 Å². The minimum absolute atomic E-state index is 0.0363. The summed E-state index contributed by atoms with van der Waals surface area (Å²) >= 11 is 0. The number of fused-ring (bicyclic) bond motifs is 2. The third-order valence-corrected chi connectivity index (χ3v) is 19.4. The van der Waals surface area contributed by atoms with E-state index in [0.29, 0.717) is 28.0 Å². The Hall–Kier alpha value is -17.0. The number of benzene rings is 10. The maximum atomic E-state index is 12.7. The predicted molar refractivity (Wildman–Crippen MR) is 505 cm³/mol. The molecule has 2 aliphatic rings. The fraction of sp³-hybridized carbons (Fsp3) is 0.280. The van der Waals surface area contributed by atoms with Crippen LogP contribution < -0.4 is 37.9 Å². The second-order valence-corrected chi connectivity index (χ2v) is 33.0. The summed E-state index contributed by atoms with van der Waals surface area (Å²) in [6.45, 7) is 29.4. The van der Waals surface area contributed by atoms with Gasteiger partial charge in [0, 0.05) is 70.8 Å². The number of hydrogen-bond donors (Lipinski definition) is 12. The lowest BCUT2D eigenvalue weighted by atomic mass is 9.92. The Morgan fingerprint density at radius 3 is 1.08 bits per heavy atom. The van der Waals surface area contributed by atoms with E-state index in [2.05, 4.69) is 0 Å². The first-order valence-corrected chi connectivity index (χ1v) is 42.7. The van der Waals surface area contributed by atoms with Crippen LogP contribution in [0.2, 0.25) is 0 Å². The maximum absolute atomic E-state index is 12.7. The molecule has 740 valence electrons. The zero-order valence-corrected chi connectivity index (χ0v) is 78.9. The minimum Gasteiger partial charge on any atom is -0.508 e. The molecule has 0 bridgehead atoms. The van der Waals surface area contributed by atoms with Crippen molar-refractivity contribution in [2.24, 2.45) is 0 Å². The van der Waals surface area contributed by atoms with E-state index in [0.717, 1.165) is 35.4 Å². The minimum atomic E-state index is -1.57. The first kappa shape index (κ1) is 110. The number of aliphatic hydroxyl groups is 2. The van der Waals surface area contributed by atoms with Crippen LogP contribution >= 0.6 is 0 Å². The average Bonchev–Trinajstić information content (AvgIpc) is 0.764. The smallest absolute Gasteiger partial charge is 0.315 e. The van der Waals surface area contributed by atoms with Crippen molar-refractivity contribution in [3.63, 3.8) is 0 Å². The summed E-state index contributed by atoms with van der Waals surface area (Å²) in [7, 11) is 0. The van der Waals surface area contributed by atoms with E-state index in [1.54, 1.807) is 118 Å². The topological polar surface area (TPSA) is 626 Å². The molecule has 40 heteroatoms. The number of Topliss-reactive ketones (excluding diaryl/α,β-unsaturated/α-hetero) is 6. The standard InChI is InChI=1S/2C18H18O7.2C17H17NO5.2C15H17NO6/c1-8(2)24-10-6-13(21)15-14(7-10)25-18(17(23)16(15)22)9-3-4-11(19)12(20)5-9;1-8(2)24-13-6-10(19)7-14-15(13)16(22)17(23)18(25-14)9-3-4-11(20)12(21)5-9;1-10(2)23-15-9-13(8-14(17(15)20)18(21)22)16(19)12-6-4-11(3)5-7-12;1-10(2)23-17-14(18(21)22)8-13(9-15(17)19)16(20)12-6-4-11(3)5-7-12;1-8(2)22-14-7-11(5-12(9(3)17)10(4)18)6-13(15(14)19)16(20)21;1-8(2)22-15-13(16(20)21)6-11(7-14(15)19)5-12(9(3)17)10(4)18/h2*3-8,17-21,23H,1-2H3;4-10,20H,1-3H3;4-10,19H,1-3H3;2*5-8,19H,1-4H3. The summed E-state index contributed by atoms with van der Waals surface area (Å²) in [6, 6.07) is 36.2. The second kappa shape index (κ2) is 47.9. The van der Waals surface area contributed by atoms with Crippen LogP contribution in [0.5, 0.6) is 103 Å². The number of aliphatic hydroxyl groups excluding tert-OH is 2. The molecule has 0 fully saturated rings. The highest BCUT2D eigenvalue weighted by Crippen LogP contribution is 2.48. The molecule has 0 aromatic heterocycles. The zero-order chi connectivity index (χ0) is 105. The predicted octanol–water partition coefficient (Wildman–Crippen LogP) is 17.1. The highest BCUT2D eigenvalue weighted by atomic mass is 16.6. The number of phenolic OH excluding ortho intramolecular Hbond substituents is 10. The zero-order valence-electron chi connectivity index (χ0n) is 78.9. The van der Waals surface area contributed by atoms with Gasteiger partial charge in [-0.2, -0.15) is 0 Å². The molecule has 40 nitrogen and oxygen atoms in total. The highest BCUT2D eigenvalue weighted by Gasteiger charge is 2.42. The molecule has 0 saturated heterocycles. The number of ether oxygens (including phenoxy) is 8. The largest absolute Gasteiger partial charge is 0.508 e. The van der Waals surface area contributed by atoms with E-state index in [1.807, 2.05) is 27.7 Å². The Kier molecular flexibility index (Phi) is 37.6. The molecule has 12 N–H and O–H groups in total. The molecule has 12 rings (SSSR count). The van der Waals surface area contributed by atoms with Crippen LogP contribution in [0.3, 0.4) is 0 Å². The lowest BCUT2D eigenvalue weighted by Crippen LogP contribution is -2.36. The molecule has 140 heavy (non-hydrogen) atoms. The molecule has 0 spiro atoms. The van der Waals surface area contributed by atoms with E-state index < -0.39 is 142 Å². The summed E-state index contributed by atoms with van der Waals surface area (Å²) in [5.74, 6) is -7.93. The van der Waals surface area contributed by atoms with Crippen LogP contribution in [-0.4, -0.2) is 176 Å². The summed E-state index contributed by atoms with van der Waals surface area (Å²) in [5, 5.41) is 163. The number of nitro benzene ring substituents is 4. The number of nitrogens with zero attached hydrogens (tertiary/aromatic N) is 4. The number of carbonyl (C=O) groups excluding carboxylic acids is 8. The number of ketones is 8. The molecule has 10 aromatic carbocycles. The quantitative estimate of drug-likeness (QED) is 0.00412. The summed E-state index contributed by atoms with van der Waals surface area (Å²) in [5.41, 5.74) is 1.67. The lowest BCUT2D eigenvalue weighted by Gasteiger charge is -2.31. The van der Waals surface area contributed by atoms with E-state index in [9.17, 15) is 140 Å². The van der Waals surface area contributed by atoms with Gasteiger partial charge in [0.15, 0.2) is 105 Å². The van der Waals surface area contributed by atoms with Crippen molar-refractivity contribution >= 4 is 81.2 Å². The van der Waals surface area contributed by atoms with Gasteiger partial charge in [-0.15, -0.1) is 0 Å². The van der Waals surface area contributed by atoms with Crippen LogP contribution in [0.25, 0.3) is 12.2 Å². The van der Waals surface area contributed by atoms with Gasteiger partial charge in [0.2, 0.25) is 34.6 Å². The van der Waals surface area contributed by atoms with Crippen LogP contribution in [0.15, 0.2) is 169 Å². The third kappa shape index (κ3) is 29.0. The van der Waals surface area contributed by atoms with Gasteiger partial charge in [0.25, 0.3) is 0 Å². The fourth-order valence-corrected chi connectivity index (χ4v) is 13.2. The number of aryl methyl sites for hydroxylation is 2. The molecule has 0 saturated carbocycles. The van der Waals surface area contributed by atoms with Crippen molar-refractivity contribution in [3.05, 3.63) is 276 Å². The maximum Gasteiger partial charge on any atom is 0.315 e. The molecular formula is C100H104N4O36. The first-order valence-electron chi connectivity index (χ1n) is 42.7. The number of rotatable bonds is 28. The number of nitro groups is 4. The van der Waals surface area contributed by atoms with Crippen molar-refractivity contribution in [2.75, 3.05) is 0 Å². The first-order chi connectivity index (χ1) is 65.4. The Labute approximate surface area is 800 Å². The van der Waals surface area contributed by atoms with E-state index >= 15 is 0 Å². The molecule has 0 radical (unpaired) electrons. The highest BCUT2D eigenvalue weighted by molar-refractivity contribution is 6.22. The lowest BCUT2D eigenvalue weighted by molar-refractivity contribution is -0.386. The second-order valence-electron chi connectivity index (χ2n) is 33.0. The van der Waals surface area contributed by atoms with Crippen molar-refractivity contribution in [1.82, 2.24) is 0 Å². The third-order valence-electron chi connectivity index (χ3n) is 19.4. The fourth-order valence-electron chi connectivity index (χ4n) is 13.2. The number of phenols is 10. The summed E-state index contributed by atoms with van der Waals surface area (Å²) in [4.78, 5) is 137. The van der Waals surface area contributed by atoms with Gasteiger partial charge in [-0.1, -0.05) is 71.8 Å². The van der Waals surface area contributed by atoms with E-state index in [-0.39, 0.29) is 150 Å². The van der Waals surface area contributed by atoms with Gasteiger partial charge < -0.3 is 99.2 Å². The Morgan fingerprint density at radius 2 is 0.686 bits per heavy atom. The molecule has 10 aromatic rings. The van der Waals surface area contributed by atoms with Gasteiger partial charge in [0.1, 0.15) is 45.6 Å². The van der Waals surface area contributed by atoms with Gasteiger partial charge >= 0.3 is 22.7 Å². The number of allylic oxidation sites excluding steroid dienone is 2. The molecule has 2 heterocycles. The van der Waals surface area contributed by atoms with Crippen LogP contribution in [0.4, 0.5) is 22.7 Å². The van der Waals surface area contributed by atoms with E-state index in [1.165, 1.54) is 125 Å². The SMILES string of the molecule is CC(=O)C(=Cc1cc(O)c(OC(C)C)c([N+](=O)[O-])c1)C(C)=O.CC(=O)C(=Cc1cc(OC(C)C)c(O)c([N+](=O)[O-])c1)C(C)=O.CC(C)Oc1cc(O)c2c(c1)OC(c1ccc(O)c(O)c1)C(O)C2=O.CC(C)Oc1cc(O)cc2c1C(=O)C(O)C(c1ccc(O)c(O)c1)O2.Cc1ccc(C(=O)c2cc(O)c(OC(C)C)c([N+](=O)[O-])c2)cc1.Cc1ccc(C(=O)c2cc(OC(C)C)c(O)c([N+](=O)[O-])c2)cc1. The molecule has 4 unspecified atom stereocenters.